The molecule has 1 heterocycles. The average Bonchev–Trinajstić information content (AvgIpc) is 2.30. The Bertz CT molecular complexity index is 463. The molecule has 2 aromatic rings. The summed E-state index contributed by atoms with van der Waals surface area (Å²) in [7, 11) is 0. The second-order valence-corrected chi connectivity index (χ2v) is 3.59. The summed E-state index contributed by atoms with van der Waals surface area (Å²) in [4.78, 5) is 14.4. The standard InChI is InChI=1S/C7H9N.C7H6O2/c1-6-4-3-5-7(2)8-6;8-7(9)6-4-2-1-3-5-6/h3-5H,1-2H3;1-5H,(H,8,9). The molecule has 88 valence electrons. The van der Waals surface area contributed by atoms with Crippen LogP contribution in [0.25, 0.3) is 0 Å². The van der Waals surface area contributed by atoms with Crippen LogP contribution in [0.3, 0.4) is 0 Å². The van der Waals surface area contributed by atoms with Crippen molar-refractivity contribution in [3.63, 3.8) is 0 Å². The highest BCUT2D eigenvalue weighted by atomic mass is 16.4. The predicted molar refractivity (Wildman–Crippen MR) is 67.1 cm³/mol. The quantitative estimate of drug-likeness (QED) is 0.817. The van der Waals surface area contributed by atoms with Crippen LogP contribution in [-0.2, 0) is 0 Å². The molecule has 1 aromatic carbocycles. The molecule has 0 fully saturated rings. The Kier molecular flexibility index (Phi) is 4.88. The van der Waals surface area contributed by atoms with Gasteiger partial charge in [0.1, 0.15) is 0 Å². The van der Waals surface area contributed by atoms with Crippen LogP contribution < -0.4 is 0 Å². The first-order chi connectivity index (χ1) is 8.09. The first kappa shape index (κ1) is 12.9. The van der Waals surface area contributed by atoms with Crippen LogP contribution >= 0.6 is 0 Å². The van der Waals surface area contributed by atoms with E-state index in [1.807, 2.05) is 32.0 Å². The molecule has 0 unspecified atom stereocenters. The summed E-state index contributed by atoms with van der Waals surface area (Å²) >= 11 is 0. The third-order valence-corrected chi connectivity index (χ3v) is 2.05. The molecule has 17 heavy (non-hydrogen) atoms. The van der Waals surface area contributed by atoms with Crippen molar-refractivity contribution in [2.45, 2.75) is 13.8 Å². The Morgan fingerprint density at radius 1 is 0.941 bits per heavy atom. The minimum atomic E-state index is -0.879. The van der Waals surface area contributed by atoms with E-state index in [1.165, 1.54) is 0 Å². The van der Waals surface area contributed by atoms with Crippen LogP contribution in [0.2, 0.25) is 0 Å². The fourth-order valence-corrected chi connectivity index (χ4v) is 1.26. The summed E-state index contributed by atoms with van der Waals surface area (Å²) in [6.07, 6.45) is 0. The molecule has 0 saturated carbocycles. The third-order valence-electron chi connectivity index (χ3n) is 2.05. The van der Waals surface area contributed by atoms with Gasteiger partial charge in [-0.2, -0.15) is 0 Å². The molecule has 0 aliphatic heterocycles. The predicted octanol–water partition coefficient (Wildman–Crippen LogP) is 3.08. The van der Waals surface area contributed by atoms with Gasteiger partial charge in [0, 0.05) is 11.4 Å². The first-order valence-electron chi connectivity index (χ1n) is 5.28. The molecule has 0 aliphatic carbocycles. The number of carbonyl (C=O) groups is 1. The molecule has 2 rings (SSSR count). The van der Waals surface area contributed by atoms with E-state index in [-0.39, 0.29) is 0 Å². The lowest BCUT2D eigenvalue weighted by Crippen LogP contribution is -1.93. The number of hydrogen-bond acceptors (Lipinski definition) is 2. The second-order valence-electron chi connectivity index (χ2n) is 3.59. The van der Waals surface area contributed by atoms with E-state index in [4.69, 9.17) is 5.11 Å². The van der Waals surface area contributed by atoms with E-state index < -0.39 is 5.97 Å². The molecule has 0 amide bonds. The average molecular weight is 229 g/mol. The number of hydrogen-bond donors (Lipinski definition) is 1. The van der Waals surface area contributed by atoms with E-state index in [0.29, 0.717) is 5.56 Å². The summed E-state index contributed by atoms with van der Waals surface area (Å²) < 4.78 is 0. The smallest absolute Gasteiger partial charge is 0.335 e. The molecule has 0 atom stereocenters. The van der Waals surface area contributed by atoms with Crippen LogP contribution in [0.4, 0.5) is 0 Å². The van der Waals surface area contributed by atoms with Gasteiger partial charge in [0.15, 0.2) is 0 Å². The van der Waals surface area contributed by atoms with Crippen molar-refractivity contribution in [3.8, 4) is 0 Å². The van der Waals surface area contributed by atoms with Gasteiger partial charge in [-0.25, -0.2) is 4.79 Å². The summed E-state index contributed by atoms with van der Waals surface area (Å²) in [5, 5.41) is 8.38. The molecule has 1 N–H and O–H groups in total. The number of nitrogens with zero attached hydrogens (tertiary/aromatic N) is 1. The van der Waals surface area contributed by atoms with E-state index in [9.17, 15) is 4.79 Å². The topological polar surface area (TPSA) is 50.2 Å². The van der Waals surface area contributed by atoms with Crippen LogP contribution in [-0.4, -0.2) is 16.1 Å². The van der Waals surface area contributed by atoms with E-state index in [2.05, 4.69) is 4.98 Å². The van der Waals surface area contributed by atoms with E-state index >= 15 is 0 Å². The van der Waals surface area contributed by atoms with Crippen molar-refractivity contribution < 1.29 is 9.90 Å². The highest BCUT2D eigenvalue weighted by Crippen LogP contribution is 1.96. The lowest BCUT2D eigenvalue weighted by molar-refractivity contribution is 0.0697. The molecule has 0 bridgehead atoms. The number of pyridine rings is 1. The van der Waals surface area contributed by atoms with Crippen LogP contribution in [0.15, 0.2) is 48.5 Å². The number of carboxylic acid groups (broad SMARTS) is 1. The summed E-state index contributed by atoms with van der Waals surface area (Å²) in [5.74, 6) is -0.879. The van der Waals surface area contributed by atoms with Gasteiger partial charge in [0.2, 0.25) is 0 Å². The zero-order valence-electron chi connectivity index (χ0n) is 9.92. The molecule has 3 heteroatoms. The molecule has 3 nitrogen and oxygen atoms in total. The second kappa shape index (κ2) is 6.43. The lowest BCUT2D eigenvalue weighted by Gasteiger charge is -1.90. The van der Waals surface area contributed by atoms with Crippen LogP contribution in [0, 0.1) is 13.8 Å². The number of aromatic carboxylic acids is 1. The number of benzene rings is 1. The van der Waals surface area contributed by atoms with Gasteiger partial charge in [0.05, 0.1) is 5.56 Å². The fraction of sp³-hybridized carbons (Fsp3) is 0.143. The number of aromatic nitrogens is 1. The Labute approximate surface area is 101 Å². The van der Waals surface area contributed by atoms with Crippen molar-refractivity contribution in [1.82, 2.24) is 4.98 Å². The minimum Gasteiger partial charge on any atom is -0.478 e. The Balaban J connectivity index is 0.000000171. The zero-order valence-corrected chi connectivity index (χ0v) is 9.92. The van der Waals surface area contributed by atoms with E-state index in [0.717, 1.165) is 11.4 Å². The highest BCUT2D eigenvalue weighted by Gasteiger charge is 1.96. The largest absolute Gasteiger partial charge is 0.478 e. The molecule has 0 radical (unpaired) electrons. The number of rotatable bonds is 1. The molecular weight excluding hydrogens is 214 g/mol. The zero-order chi connectivity index (χ0) is 12.7. The first-order valence-corrected chi connectivity index (χ1v) is 5.28. The molecule has 0 aliphatic rings. The molecular formula is C14H15NO2. The van der Waals surface area contributed by atoms with Crippen molar-refractivity contribution >= 4 is 5.97 Å². The van der Waals surface area contributed by atoms with E-state index in [1.54, 1.807) is 30.3 Å². The maximum absolute atomic E-state index is 10.2. The van der Waals surface area contributed by atoms with Crippen LogP contribution in [0.5, 0.6) is 0 Å². The van der Waals surface area contributed by atoms with Gasteiger partial charge in [-0.15, -0.1) is 0 Å². The van der Waals surface area contributed by atoms with Gasteiger partial charge in [-0.05, 0) is 38.1 Å². The molecule has 0 spiro atoms. The molecule has 0 saturated heterocycles. The summed E-state index contributed by atoms with van der Waals surface area (Å²) in [6.45, 7) is 3.99. The van der Waals surface area contributed by atoms with Gasteiger partial charge in [0.25, 0.3) is 0 Å². The SMILES string of the molecule is Cc1cccc(C)n1.O=C(O)c1ccccc1. The Morgan fingerprint density at radius 3 is 1.76 bits per heavy atom. The van der Waals surface area contributed by atoms with Crippen molar-refractivity contribution in [1.29, 1.82) is 0 Å². The van der Waals surface area contributed by atoms with Crippen molar-refractivity contribution in [2.24, 2.45) is 0 Å². The van der Waals surface area contributed by atoms with Gasteiger partial charge in [-0.3, -0.25) is 4.98 Å². The van der Waals surface area contributed by atoms with Gasteiger partial charge in [-0.1, -0.05) is 24.3 Å². The Hall–Kier alpha value is -2.16. The van der Waals surface area contributed by atoms with Crippen molar-refractivity contribution in [2.75, 3.05) is 0 Å². The summed E-state index contributed by atoms with van der Waals surface area (Å²) in [5.41, 5.74) is 2.51. The van der Waals surface area contributed by atoms with Gasteiger partial charge < -0.3 is 5.11 Å². The fourth-order valence-electron chi connectivity index (χ4n) is 1.26. The monoisotopic (exact) mass is 229 g/mol. The highest BCUT2D eigenvalue weighted by molar-refractivity contribution is 5.87. The van der Waals surface area contributed by atoms with Crippen molar-refractivity contribution in [3.05, 3.63) is 65.5 Å². The maximum Gasteiger partial charge on any atom is 0.335 e. The minimum absolute atomic E-state index is 0.331. The van der Waals surface area contributed by atoms with Gasteiger partial charge >= 0.3 is 5.97 Å². The van der Waals surface area contributed by atoms with Crippen LogP contribution in [0.1, 0.15) is 21.7 Å². The maximum atomic E-state index is 10.2. The molecule has 1 aromatic heterocycles. The normalized spacial score (nSPS) is 9.06. The Morgan fingerprint density at radius 2 is 1.47 bits per heavy atom. The number of carboxylic acids is 1. The lowest BCUT2D eigenvalue weighted by atomic mass is 10.2. The third kappa shape index (κ3) is 4.93. The summed E-state index contributed by atoms with van der Waals surface area (Å²) in [6, 6.07) is 14.3. The number of aryl methyl sites for hydroxylation is 2.